The van der Waals surface area contributed by atoms with Crippen LogP contribution < -0.4 is 0 Å². The molecular formula is C18H12N4. The first-order valence-corrected chi connectivity index (χ1v) is 7.20. The van der Waals surface area contributed by atoms with Crippen molar-refractivity contribution in [3.8, 4) is 0 Å². The molecule has 5 rings (SSSR count). The van der Waals surface area contributed by atoms with Crippen molar-refractivity contribution in [3.05, 3.63) is 55.0 Å². The molecule has 0 amide bonds. The fourth-order valence-corrected chi connectivity index (χ4v) is 3.15. The number of nitrogens with zero attached hydrogens (tertiary/aromatic N) is 4. The van der Waals surface area contributed by atoms with Gasteiger partial charge in [0.2, 0.25) is 0 Å². The summed E-state index contributed by atoms with van der Waals surface area (Å²) in [6, 6.07) is 12.0. The Morgan fingerprint density at radius 2 is 1.36 bits per heavy atom. The van der Waals surface area contributed by atoms with Crippen molar-refractivity contribution in [1.29, 1.82) is 0 Å². The predicted molar refractivity (Wildman–Crippen MR) is 88.8 cm³/mol. The highest BCUT2D eigenvalue weighted by atomic mass is 14.9. The molecule has 0 unspecified atom stereocenters. The Balaban J connectivity index is 2.17. The van der Waals surface area contributed by atoms with Crippen molar-refractivity contribution in [2.45, 2.75) is 0 Å². The minimum absolute atomic E-state index is 0.912. The van der Waals surface area contributed by atoms with Gasteiger partial charge in [-0.2, -0.15) is 0 Å². The van der Waals surface area contributed by atoms with Crippen LogP contribution in [0.3, 0.4) is 0 Å². The van der Waals surface area contributed by atoms with Crippen molar-refractivity contribution in [2.75, 3.05) is 0 Å². The molecule has 4 nitrogen and oxygen atoms in total. The van der Waals surface area contributed by atoms with Crippen LogP contribution in [-0.4, -0.2) is 19.5 Å². The van der Waals surface area contributed by atoms with Crippen LogP contribution in [-0.2, 0) is 7.05 Å². The molecule has 0 saturated carbocycles. The SMILES string of the molecule is Cn1cc2c(c1)c1nc3ccccc3nc1c1cccnc21. The third-order valence-corrected chi connectivity index (χ3v) is 4.10. The van der Waals surface area contributed by atoms with E-state index in [4.69, 9.17) is 9.97 Å². The molecule has 3 heterocycles. The molecule has 0 N–H and O–H groups in total. The highest BCUT2D eigenvalue weighted by molar-refractivity contribution is 6.22. The smallest absolute Gasteiger partial charge is 0.0995 e. The zero-order chi connectivity index (χ0) is 14.7. The summed E-state index contributed by atoms with van der Waals surface area (Å²) in [6.07, 6.45) is 6.02. The number of pyridine rings is 1. The highest BCUT2D eigenvalue weighted by Gasteiger charge is 2.13. The summed E-state index contributed by atoms with van der Waals surface area (Å²) in [5.74, 6) is 0. The number of hydrogen-bond donors (Lipinski definition) is 0. The first kappa shape index (κ1) is 11.6. The quantitative estimate of drug-likeness (QED) is 0.321. The van der Waals surface area contributed by atoms with Crippen molar-refractivity contribution in [1.82, 2.24) is 19.5 Å². The fraction of sp³-hybridized carbons (Fsp3) is 0.0556. The topological polar surface area (TPSA) is 43.6 Å². The molecule has 0 aliphatic carbocycles. The first-order valence-electron chi connectivity index (χ1n) is 7.20. The van der Waals surface area contributed by atoms with E-state index in [0.29, 0.717) is 0 Å². The van der Waals surface area contributed by atoms with Gasteiger partial charge in [-0.25, -0.2) is 9.97 Å². The van der Waals surface area contributed by atoms with Crippen LogP contribution in [0.4, 0.5) is 0 Å². The summed E-state index contributed by atoms with van der Waals surface area (Å²) >= 11 is 0. The fourth-order valence-electron chi connectivity index (χ4n) is 3.15. The van der Waals surface area contributed by atoms with Gasteiger partial charge in [0, 0.05) is 41.8 Å². The van der Waals surface area contributed by atoms with Crippen molar-refractivity contribution in [2.24, 2.45) is 7.05 Å². The van der Waals surface area contributed by atoms with Crippen molar-refractivity contribution < 1.29 is 0 Å². The van der Waals surface area contributed by atoms with Gasteiger partial charge in [-0.1, -0.05) is 12.1 Å². The van der Waals surface area contributed by atoms with Crippen LogP contribution in [0.1, 0.15) is 0 Å². The molecule has 0 atom stereocenters. The first-order chi connectivity index (χ1) is 10.8. The van der Waals surface area contributed by atoms with E-state index in [1.807, 2.05) is 43.6 Å². The van der Waals surface area contributed by atoms with Crippen molar-refractivity contribution in [3.63, 3.8) is 0 Å². The average Bonchev–Trinajstić information content (AvgIpc) is 2.95. The predicted octanol–water partition coefficient (Wildman–Crippen LogP) is 3.82. The largest absolute Gasteiger partial charge is 0.356 e. The van der Waals surface area contributed by atoms with Gasteiger partial charge in [-0.3, -0.25) is 4.98 Å². The normalized spacial score (nSPS) is 11.9. The Morgan fingerprint density at radius 3 is 2.09 bits per heavy atom. The van der Waals surface area contributed by atoms with Crippen molar-refractivity contribution >= 4 is 43.7 Å². The number of hydrogen-bond acceptors (Lipinski definition) is 3. The Hall–Kier alpha value is -3.01. The zero-order valence-electron chi connectivity index (χ0n) is 12.0. The average molecular weight is 284 g/mol. The Kier molecular flexibility index (Phi) is 2.12. The molecule has 2 aromatic carbocycles. The summed E-state index contributed by atoms with van der Waals surface area (Å²) < 4.78 is 2.05. The molecular weight excluding hydrogens is 272 g/mol. The van der Waals surface area contributed by atoms with Gasteiger partial charge >= 0.3 is 0 Å². The second kappa shape index (κ2) is 4.01. The van der Waals surface area contributed by atoms with E-state index in [9.17, 15) is 0 Å². The lowest BCUT2D eigenvalue weighted by Crippen LogP contribution is -1.90. The van der Waals surface area contributed by atoms with Crippen LogP contribution in [0, 0.1) is 0 Å². The monoisotopic (exact) mass is 284 g/mol. The Labute approximate surface area is 126 Å². The van der Waals surface area contributed by atoms with E-state index < -0.39 is 0 Å². The van der Waals surface area contributed by atoms with Crippen LogP contribution in [0.15, 0.2) is 55.0 Å². The molecule has 0 saturated heterocycles. The summed E-state index contributed by atoms with van der Waals surface area (Å²) in [4.78, 5) is 14.3. The van der Waals surface area contributed by atoms with E-state index in [-0.39, 0.29) is 0 Å². The van der Waals surface area contributed by atoms with E-state index in [1.54, 1.807) is 0 Å². The number of fused-ring (bicyclic) bond motifs is 7. The third kappa shape index (κ3) is 1.44. The molecule has 0 aliphatic heterocycles. The number of aromatic nitrogens is 4. The second-order valence-corrected chi connectivity index (χ2v) is 5.56. The number of rotatable bonds is 0. The van der Waals surface area contributed by atoms with E-state index in [1.165, 1.54) is 0 Å². The second-order valence-electron chi connectivity index (χ2n) is 5.56. The van der Waals surface area contributed by atoms with Gasteiger partial charge in [0.25, 0.3) is 0 Å². The molecule has 0 radical (unpaired) electrons. The summed E-state index contributed by atoms with van der Waals surface area (Å²) in [6.45, 7) is 0. The lowest BCUT2D eigenvalue weighted by molar-refractivity contribution is 0.934. The van der Waals surface area contributed by atoms with E-state index in [2.05, 4.69) is 28.0 Å². The van der Waals surface area contributed by atoms with Crippen LogP contribution >= 0.6 is 0 Å². The van der Waals surface area contributed by atoms with E-state index >= 15 is 0 Å². The van der Waals surface area contributed by atoms with Gasteiger partial charge in [0.15, 0.2) is 0 Å². The van der Waals surface area contributed by atoms with Crippen LogP contribution in [0.2, 0.25) is 0 Å². The molecule has 5 aromatic rings. The maximum Gasteiger partial charge on any atom is 0.0995 e. The standard InChI is InChI=1S/C18H12N4/c1-22-9-12-13(10-22)18-17(11-5-4-8-19-16(11)12)20-14-6-2-3-7-15(14)21-18/h2-10H,1H3. The number of para-hydroxylation sites is 2. The molecule has 104 valence electrons. The van der Waals surface area contributed by atoms with Crippen LogP contribution in [0.5, 0.6) is 0 Å². The minimum atomic E-state index is 0.912. The molecule has 22 heavy (non-hydrogen) atoms. The molecule has 3 aromatic heterocycles. The van der Waals surface area contributed by atoms with Gasteiger partial charge < -0.3 is 4.57 Å². The van der Waals surface area contributed by atoms with Gasteiger partial charge in [-0.05, 0) is 24.3 Å². The Bertz CT molecular complexity index is 1190. The molecule has 0 aliphatic rings. The summed E-state index contributed by atoms with van der Waals surface area (Å²) in [5.41, 5.74) is 4.67. The zero-order valence-corrected chi connectivity index (χ0v) is 12.0. The van der Waals surface area contributed by atoms with Gasteiger partial charge in [-0.15, -0.1) is 0 Å². The van der Waals surface area contributed by atoms with Crippen LogP contribution in [0.25, 0.3) is 43.7 Å². The maximum atomic E-state index is 4.87. The highest BCUT2D eigenvalue weighted by Crippen LogP contribution is 2.33. The lowest BCUT2D eigenvalue weighted by Gasteiger charge is -2.06. The molecule has 0 spiro atoms. The lowest BCUT2D eigenvalue weighted by atomic mass is 10.1. The molecule has 0 fully saturated rings. The summed E-state index contributed by atoms with van der Waals surface area (Å²) in [5, 5.41) is 3.27. The van der Waals surface area contributed by atoms with Gasteiger partial charge in [0.05, 0.1) is 27.6 Å². The number of benzene rings is 2. The third-order valence-electron chi connectivity index (χ3n) is 4.10. The summed E-state index contributed by atoms with van der Waals surface area (Å²) in [7, 11) is 2.02. The molecule has 4 heteroatoms. The minimum Gasteiger partial charge on any atom is -0.356 e. The molecule has 0 bridgehead atoms. The van der Waals surface area contributed by atoms with Gasteiger partial charge in [0.1, 0.15) is 0 Å². The maximum absolute atomic E-state index is 4.87. The number of aryl methyl sites for hydroxylation is 1. The Morgan fingerprint density at radius 1 is 0.727 bits per heavy atom. The van der Waals surface area contributed by atoms with E-state index in [0.717, 1.165) is 43.7 Å².